The molecule has 0 radical (unpaired) electrons. The first kappa shape index (κ1) is 20.4. The van der Waals surface area contributed by atoms with Crippen molar-refractivity contribution in [2.45, 2.75) is 31.2 Å². The van der Waals surface area contributed by atoms with Crippen LogP contribution in [0.3, 0.4) is 0 Å². The Morgan fingerprint density at radius 3 is 2.38 bits per heavy atom. The van der Waals surface area contributed by atoms with Gasteiger partial charge in [0.1, 0.15) is 6.04 Å². The second-order valence-corrected chi connectivity index (χ2v) is 8.16. The monoisotopic (exact) mass is 376 g/mol. The van der Waals surface area contributed by atoms with Crippen LogP contribution in [0.1, 0.15) is 30.6 Å². The fourth-order valence-electron chi connectivity index (χ4n) is 1.95. The van der Waals surface area contributed by atoms with E-state index in [4.69, 9.17) is 11.6 Å². The number of amides is 1. The van der Waals surface area contributed by atoms with E-state index in [0.29, 0.717) is 6.42 Å². The average molecular weight is 377 g/mol. The van der Waals surface area contributed by atoms with Crippen LogP contribution >= 0.6 is 11.6 Å². The van der Waals surface area contributed by atoms with Crippen LogP contribution in [0.2, 0.25) is 5.02 Å². The summed E-state index contributed by atoms with van der Waals surface area (Å²) >= 11 is 5.98. The highest BCUT2D eigenvalue weighted by atomic mass is 35.5. The second kappa shape index (κ2) is 7.96. The molecule has 0 unspecified atom stereocenters. The summed E-state index contributed by atoms with van der Waals surface area (Å²) in [5.41, 5.74) is -0.0888. The van der Waals surface area contributed by atoms with Gasteiger partial charge in [-0.25, -0.2) is 17.5 Å². The summed E-state index contributed by atoms with van der Waals surface area (Å²) in [7, 11) is -1.00. The number of sulfonamides is 1. The van der Waals surface area contributed by atoms with Crippen molar-refractivity contribution in [3.8, 4) is 0 Å². The van der Waals surface area contributed by atoms with E-state index in [-0.39, 0.29) is 21.4 Å². The molecule has 2 atom stereocenters. The van der Waals surface area contributed by atoms with Crippen molar-refractivity contribution in [3.63, 3.8) is 0 Å². The molecule has 9 heteroatoms. The number of hydrogen-bond donors (Lipinski definition) is 2. The molecular weight excluding hydrogens is 356 g/mol. The molecule has 7 nitrogen and oxygen atoms in total. The quantitative estimate of drug-likeness (QED) is 0.755. The van der Waals surface area contributed by atoms with Crippen LogP contribution in [0.15, 0.2) is 23.1 Å². The summed E-state index contributed by atoms with van der Waals surface area (Å²) in [4.78, 5) is 23.6. The predicted octanol–water partition coefficient (Wildman–Crippen LogP) is 1.82. The van der Waals surface area contributed by atoms with Crippen LogP contribution in [0.5, 0.6) is 0 Å². The first-order valence-corrected chi connectivity index (χ1v) is 9.09. The molecule has 1 amide bonds. The number of nitrogens with zero attached hydrogens (tertiary/aromatic N) is 1. The molecular formula is C15H21ClN2O5S. The van der Waals surface area contributed by atoms with E-state index in [9.17, 15) is 23.1 Å². The van der Waals surface area contributed by atoms with Crippen LogP contribution in [0, 0.1) is 5.92 Å². The fraction of sp³-hybridized carbons (Fsp3) is 0.467. The first-order valence-electron chi connectivity index (χ1n) is 7.28. The smallest absolute Gasteiger partial charge is 0.326 e. The molecule has 0 fully saturated rings. The maximum atomic E-state index is 12.4. The van der Waals surface area contributed by atoms with Crippen molar-refractivity contribution in [1.82, 2.24) is 9.62 Å². The lowest BCUT2D eigenvalue weighted by molar-refractivity contribution is -0.140. The Balaban J connectivity index is 3.22. The van der Waals surface area contributed by atoms with Crippen LogP contribution in [-0.4, -0.2) is 49.8 Å². The molecule has 1 rings (SSSR count). The molecule has 0 aromatic heterocycles. The minimum absolute atomic E-state index is 0.0403. The molecule has 134 valence electrons. The lowest BCUT2D eigenvalue weighted by Gasteiger charge is -2.20. The summed E-state index contributed by atoms with van der Waals surface area (Å²) < 4.78 is 25.3. The number of hydrogen-bond acceptors (Lipinski definition) is 4. The third-order valence-electron chi connectivity index (χ3n) is 3.73. The Morgan fingerprint density at radius 1 is 1.33 bits per heavy atom. The van der Waals surface area contributed by atoms with Crippen molar-refractivity contribution >= 4 is 33.5 Å². The molecule has 0 aliphatic heterocycles. The van der Waals surface area contributed by atoms with E-state index < -0.39 is 27.9 Å². The number of carboxylic acids is 1. The third-order valence-corrected chi connectivity index (χ3v) is 5.87. The first-order chi connectivity index (χ1) is 11.0. The molecule has 1 aromatic carbocycles. The highest BCUT2D eigenvalue weighted by Crippen LogP contribution is 2.22. The molecule has 24 heavy (non-hydrogen) atoms. The number of carbonyl (C=O) groups excluding carboxylic acids is 1. The zero-order valence-electron chi connectivity index (χ0n) is 13.9. The van der Waals surface area contributed by atoms with E-state index in [1.54, 1.807) is 6.92 Å². The summed E-state index contributed by atoms with van der Waals surface area (Å²) in [6.45, 7) is 3.51. The van der Waals surface area contributed by atoms with Crippen LogP contribution in [-0.2, 0) is 14.8 Å². The molecule has 0 bridgehead atoms. The maximum Gasteiger partial charge on any atom is 0.326 e. The largest absolute Gasteiger partial charge is 0.480 e. The number of halogens is 1. The fourth-order valence-corrected chi connectivity index (χ4v) is 3.08. The highest BCUT2D eigenvalue weighted by Gasteiger charge is 2.27. The van der Waals surface area contributed by atoms with Gasteiger partial charge >= 0.3 is 5.97 Å². The van der Waals surface area contributed by atoms with Crippen molar-refractivity contribution in [1.29, 1.82) is 0 Å². The van der Waals surface area contributed by atoms with Gasteiger partial charge in [-0.1, -0.05) is 31.9 Å². The van der Waals surface area contributed by atoms with Crippen molar-refractivity contribution in [2.24, 2.45) is 5.92 Å². The highest BCUT2D eigenvalue weighted by molar-refractivity contribution is 7.89. The number of nitrogens with one attached hydrogen (secondary N) is 1. The Kier molecular flexibility index (Phi) is 6.76. The SMILES string of the molecule is CC[C@H](C)[C@H](NC(=O)c1cc(S(=O)(=O)N(C)C)ccc1Cl)C(=O)O. The summed E-state index contributed by atoms with van der Waals surface area (Å²) in [6, 6.07) is 2.64. The predicted molar refractivity (Wildman–Crippen MR) is 90.7 cm³/mol. The van der Waals surface area contributed by atoms with E-state index in [2.05, 4.69) is 5.32 Å². The molecule has 0 saturated heterocycles. The van der Waals surface area contributed by atoms with Crippen LogP contribution in [0.4, 0.5) is 0 Å². The zero-order valence-corrected chi connectivity index (χ0v) is 15.5. The van der Waals surface area contributed by atoms with Crippen LogP contribution in [0.25, 0.3) is 0 Å². The molecule has 2 N–H and O–H groups in total. The second-order valence-electron chi connectivity index (χ2n) is 5.60. The zero-order chi connectivity index (χ0) is 18.7. The molecule has 1 aromatic rings. The van der Waals surface area contributed by atoms with Gasteiger partial charge < -0.3 is 10.4 Å². The lowest BCUT2D eigenvalue weighted by Crippen LogP contribution is -2.45. The standard InChI is InChI=1S/C15H21ClN2O5S/c1-5-9(2)13(15(20)21)17-14(19)11-8-10(6-7-12(11)16)24(22,23)18(3)4/h6-9,13H,5H2,1-4H3,(H,17,19)(H,20,21)/t9-,13-/m0/s1. The van der Waals surface area contributed by atoms with Gasteiger partial charge in [0.2, 0.25) is 10.0 Å². The Morgan fingerprint density at radius 2 is 1.92 bits per heavy atom. The van der Waals surface area contributed by atoms with Gasteiger partial charge in [-0.3, -0.25) is 4.79 Å². The van der Waals surface area contributed by atoms with Gasteiger partial charge in [0.25, 0.3) is 5.91 Å². The third kappa shape index (κ3) is 4.46. The van der Waals surface area contributed by atoms with E-state index in [1.807, 2.05) is 6.92 Å². The van der Waals surface area contributed by atoms with Gasteiger partial charge in [-0.05, 0) is 24.1 Å². The number of aliphatic carboxylic acids is 1. The Labute approximate surface area is 146 Å². The molecule has 0 aliphatic rings. The van der Waals surface area contributed by atoms with Crippen molar-refractivity contribution in [3.05, 3.63) is 28.8 Å². The van der Waals surface area contributed by atoms with Gasteiger partial charge in [0.15, 0.2) is 0 Å². The van der Waals surface area contributed by atoms with Crippen molar-refractivity contribution < 1.29 is 23.1 Å². The van der Waals surface area contributed by atoms with E-state index in [0.717, 1.165) is 10.4 Å². The van der Waals surface area contributed by atoms with Crippen molar-refractivity contribution in [2.75, 3.05) is 14.1 Å². The molecule has 0 saturated carbocycles. The topological polar surface area (TPSA) is 104 Å². The summed E-state index contributed by atoms with van der Waals surface area (Å²) in [6.07, 6.45) is 0.556. The van der Waals surface area contributed by atoms with E-state index in [1.165, 1.54) is 26.2 Å². The number of rotatable bonds is 7. The van der Waals surface area contributed by atoms with Gasteiger partial charge in [0.05, 0.1) is 15.5 Å². The minimum Gasteiger partial charge on any atom is -0.480 e. The lowest BCUT2D eigenvalue weighted by atomic mass is 9.99. The van der Waals surface area contributed by atoms with Crippen LogP contribution < -0.4 is 5.32 Å². The average Bonchev–Trinajstić information content (AvgIpc) is 2.51. The normalized spacial score (nSPS) is 14.2. The van der Waals surface area contributed by atoms with Gasteiger partial charge in [-0.15, -0.1) is 0 Å². The maximum absolute atomic E-state index is 12.4. The molecule has 0 spiro atoms. The van der Waals surface area contributed by atoms with Gasteiger partial charge in [-0.2, -0.15) is 0 Å². The Bertz CT molecular complexity index is 733. The summed E-state index contributed by atoms with van der Waals surface area (Å²) in [5.74, 6) is -2.19. The molecule has 0 heterocycles. The molecule has 0 aliphatic carbocycles. The summed E-state index contributed by atoms with van der Waals surface area (Å²) in [5, 5.41) is 11.7. The Hall–Kier alpha value is -1.64. The van der Waals surface area contributed by atoms with Gasteiger partial charge in [0, 0.05) is 14.1 Å². The van der Waals surface area contributed by atoms with E-state index >= 15 is 0 Å². The number of carboxylic acid groups (broad SMARTS) is 1. The number of benzene rings is 1. The number of carbonyl (C=O) groups is 2. The minimum atomic E-state index is -3.74.